The zero-order chi connectivity index (χ0) is 19.4. The lowest BCUT2D eigenvalue weighted by molar-refractivity contribution is 0.136. The molecule has 1 aromatic heterocycles. The van der Waals surface area contributed by atoms with E-state index in [0.29, 0.717) is 29.5 Å². The van der Waals surface area contributed by atoms with Crippen LogP contribution < -0.4 is 14.2 Å². The summed E-state index contributed by atoms with van der Waals surface area (Å²) in [7, 11) is -1.99. The topological polar surface area (TPSA) is 90.4 Å². The van der Waals surface area contributed by atoms with Gasteiger partial charge in [0.2, 0.25) is 21.8 Å². The Morgan fingerprint density at radius 3 is 2.41 bits per heavy atom. The van der Waals surface area contributed by atoms with Crippen molar-refractivity contribution in [1.29, 1.82) is 0 Å². The van der Waals surface area contributed by atoms with Crippen LogP contribution in [0.25, 0.3) is 0 Å². The quantitative estimate of drug-likeness (QED) is 0.814. The number of aryl methyl sites for hydroxylation is 2. The van der Waals surface area contributed by atoms with E-state index < -0.39 is 10.0 Å². The summed E-state index contributed by atoms with van der Waals surface area (Å²) in [5.41, 5.74) is 2.04. The van der Waals surface area contributed by atoms with Gasteiger partial charge >= 0.3 is 0 Å². The lowest BCUT2D eigenvalue weighted by atomic mass is 9.94. The number of hydrogen-bond donors (Lipinski definition) is 1. The van der Waals surface area contributed by atoms with Crippen LogP contribution in [0.2, 0.25) is 0 Å². The average Bonchev–Trinajstić information content (AvgIpc) is 2.65. The fourth-order valence-corrected chi connectivity index (χ4v) is 4.51. The molecule has 0 amide bonds. The number of aromatic nitrogens is 2. The van der Waals surface area contributed by atoms with Crippen LogP contribution in [0.4, 0.5) is 0 Å². The number of rotatable bonds is 6. The Morgan fingerprint density at radius 2 is 1.74 bits per heavy atom. The van der Waals surface area contributed by atoms with Crippen molar-refractivity contribution < 1.29 is 17.9 Å². The third kappa shape index (κ3) is 4.95. The molecule has 1 aromatic carbocycles. The summed E-state index contributed by atoms with van der Waals surface area (Å²) < 4.78 is 39.0. The Morgan fingerprint density at radius 1 is 1.04 bits per heavy atom. The van der Waals surface area contributed by atoms with Gasteiger partial charge in [-0.2, -0.15) is 4.98 Å². The third-order valence-electron chi connectivity index (χ3n) is 4.87. The van der Waals surface area contributed by atoms with Crippen LogP contribution in [0, 0.1) is 13.8 Å². The van der Waals surface area contributed by atoms with Gasteiger partial charge in [-0.1, -0.05) is 6.07 Å². The first-order valence-corrected chi connectivity index (χ1v) is 10.5. The molecule has 7 nitrogen and oxygen atoms in total. The number of hydrogen-bond acceptors (Lipinski definition) is 6. The molecule has 3 rings (SSSR count). The smallest absolute Gasteiger partial charge is 0.240 e. The Labute approximate surface area is 160 Å². The number of nitrogens with one attached hydrogen (secondary N) is 1. The maximum Gasteiger partial charge on any atom is 0.240 e. The van der Waals surface area contributed by atoms with Crippen LogP contribution >= 0.6 is 0 Å². The first-order chi connectivity index (χ1) is 12.9. The second-order valence-electron chi connectivity index (χ2n) is 6.86. The fraction of sp³-hybridized carbons (Fsp3) is 0.474. The summed E-state index contributed by atoms with van der Waals surface area (Å²) in [4.78, 5) is 8.54. The summed E-state index contributed by atoms with van der Waals surface area (Å²) >= 11 is 0. The minimum atomic E-state index is -3.51. The summed E-state index contributed by atoms with van der Waals surface area (Å²) in [6.07, 6.45) is 5.99. The summed E-state index contributed by atoms with van der Waals surface area (Å²) in [5, 5.41) is 0. The lowest BCUT2D eigenvalue weighted by Gasteiger charge is -2.29. The highest BCUT2D eigenvalue weighted by Crippen LogP contribution is 2.25. The van der Waals surface area contributed by atoms with Crippen LogP contribution in [0.5, 0.6) is 11.8 Å². The van der Waals surface area contributed by atoms with Gasteiger partial charge in [0.25, 0.3) is 0 Å². The van der Waals surface area contributed by atoms with Gasteiger partial charge in [0.15, 0.2) is 0 Å². The van der Waals surface area contributed by atoms with E-state index in [2.05, 4.69) is 14.7 Å². The van der Waals surface area contributed by atoms with E-state index in [9.17, 15) is 8.42 Å². The highest BCUT2D eigenvalue weighted by Gasteiger charge is 2.27. The van der Waals surface area contributed by atoms with E-state index in [-0.39, 0.29) is 12.1 Å². The maximum absolute atomic E-state index is 12.6. The summed E-state index contributed by atoms with van der Waals surface area (Å²) in [6.45, 7) is 3.88. The predicted molar refractivity (Wildman–Crippen MR) is 101 cm³/mol. The van der Waals surface area contributed by atoms with Gasteiger partial charge < -0.3 is 9.47 Å². The normalized spacial score (nSPS) is 20.3. The molecule has 1 fully saturated rings. The van der Waals surface area contributed by atoms with Crippen molar-refractivity contribution in [3.05, 3.63) is 41.7 Å². The van der Waals surface area contributed by atoms with Gasteiger partial charge in [0.1, 0.15) is 6.10 Å². The van der Waals surface area contributed by atoms with Crippen LogP contribution in [-0.2, 0) is 10.0 Å². The van der Waals surface area contributed by atoms with E-state index in [1.54, 1.807) is 18.3 Å². The van der Waals surface area contributed by atoms with E-state index in [0.717, 1.165) is 24.0 Å². The molecule has 1 saturated carbocycles. The number of sulfonamides is 1. The molecule has 1 heterocycles. The van der Waals surface area contributed by atoms with Gasteiger partial charge in [-0.25, -0.2) is 13.1 Å². The Kier molecular flexibility index (Phi) is 5.96. The zero-order valence-corrected chi connectivity index (χ0v) is 16.6. The largest absolute Gasteiger partial charge is 0.480 e. The SMILES string of the molecule is COc1cncc(OC2CCC(NS(=O)(=O)c3ccc(C)c(C)c3)CC2)n1. The van der Waals surface area contributed by atoms with Crippen molar-refractivity contribution in [3.8, 4) is 11.8 Å². The van der Waals surface area contributed by atoms with Gasteiger partial charge in [-0.05, 0) is 62.8 Å². The van der Waals surface area contributed by atoms with Gasteiger partial charge in [-0.3, -0.25) is 4.98 Å². The van der Waals surface area contributed by atoms with Crippen molar-refractivity contribution in [2.45, 2.75) is 56.6 Å². The van der Waals surface area contributed by atoms with E-state index in [4.69, 9.17) is 9.47 Å². The second-order valence-corrected chi connectivity index (χ2v) is 8.57. The predicted octanol–water partition coefficient (Wildman–Crippen LogP) is 2.77. The second kappa shape index (κ2) is 8.22. The minimum absolute atomic E-state index is 0.00576. The summed E-state index contributed by atoms with van der Waals surface area (Å²) in [5.74, 6) is 0.829. The van der Waals surface area contributed by atoms with E-state index in [1.165, 1.54) is 13.3 Å². The number of ether oxygens (including phenoxy) is 2. The molecule has 0 bridgehead atoms. The molecule has 0 unspecified atom stereocenters. The monoisotopic (exact) mass is 391 g/mol. The van der Waals surface area contributed by atoms with Crippen molar-refractivity contribution in [2.75, 3.05) is 7.11 Å². The fourth-order valence-electron chi connectivity index (χ4n) is 3.12. The first-order valence-electron chi connectivity index (χ1n) is 8.99. The Bertz CT molecular complexity index is 894. The molecule has 2 aromatic rings. The van der Waals surface area contributed by atoms with Crippen molar-refractivity contribution >= 4 is 10.0 Å². The molecule has 1 aliphatic carbocycles. The third-order valence-corrected chi connectivity index (χ3v) is 6.39. The average molecular weight is 391 g/mol. The number of nitrogens with zero attached hydrogens (tertiary/aromatic N) is 2. The molecule has 27 heavy (non-hydrogen) atoms. The van der Waals surface area contributed by atoms with Gasteiger partial charge in [0, 0.05) is 6.04 Å². The molecule has 0 aliphatic heterocycles. The van der Waals surface area contributed by atoms with Crippen molar-refractivity contribution in [3.63, 3.8) is 0 Å². The highest BCUT2D eigenvalue weighted by molar-refractivity contribution is 7.89. The molecule has 8 heteroatoms. The van der Waals surface area contributed by atoms with Crippen LogP contribution in [-0.4, -0.2) is 37.6 Å². The molecular weight excluding hydrogens is 366 g/mol. The van der Waals surface area contributed by atoms with Gasteiger partial charge in [-0.15, -0.1) is 0 Å². The maximum atomic E-state index is 12.6. The van der Waals surface area contributed by atoms with Crippen molar-refractivity contribution in [1.82, 2.24) is 14.7 Å². The molecule has 146 valence electrons. The van der Waals surface area contributed by atoms with Crippen LogP contribution in [0.15, 0.2) is 35.5 Å². The van der Waals surface area contributed by atoms with Gasteiger partial charge in [0.05, 0.1) is 24.4 Å². The lowest BCUT2D eigenvalue weighted by Crippen LogP contribution is -2.39. The Balaban J connectivity index is 1.56. The van der Waals surface area contributed by atoms with E-state index >= 15 is 0 Å². The van der Waals surface area contributed by atoms with Crippen LogP contribution in [0.3, 0.4) is 0 Å². The highest BCUT2D eigenvalue weighted by atomic mass is 32.2. The van der Waals surface area contributed by atoms with Crippen molar-refractivity contribution in [2.24, 2.45) is 0 Å². The molecule has 1 aliphatic rings. The molecule has 0 atom stereocenters. The molecule has 0 spiro atoms. The number of methoxy groups -OCH3 is 1. The van der Waals surface area contributed by atoms with Crippen LogP contribution in [0.1, 0.15) is 36.8 Å². The number of benzene rings is 1. The first kappa shape index (κ1) is 19.6. The van der Waals surface area contributed by atoms with E-state index in [1.807, 2.05) is 19.9 Å². The summed E-state index contributed by atoms with van der Waals surface area (Å²) in [6, 6.07) is 5.12. The molecule has 1 N–H and O–H groups in total. The zero-order valence-electron chi connectivity index (χ0n) is 15.8. The Hall–Kier alpha value is -2.19. The standard InChI is InChI=1S/C19H25N3O4S/c1-13-4-9-17(10-14(13)2)27(23,24)22-15-5-7-16(8-6-15)26-19-12-20-11-18(21-19)25-3/h4,9-12,15-16,22H,5-8H2,1-3H3. The molecular formula is C19H25N3O4S. The minimum Gasteiger partial charge on any atom is -0.480 e. The molecule has 0 saturated heterocycles. The molecule has 0 radical (unpaired) electrons.